The second-order valence-corrected chi connectivity index (χ2v) is 19.1. The predicted octanol–water partition coefficient (Wildman–Crippen LogP) is 10.6. The molecule has 4 aromatic rings. The molecule has 0 saturated carbocycles. The molecular formula is C36H46OS2Si. The average Bonchev–Trinajstić information content (AvgIpc) is 3.54. The van der Waals surface area contributed by atoms with Crippen molar-refractivity contribution in [2.45, 2.75) is 77.2 Å². The minimum Gasteiger partial charge on any atom is -0.384 e. The van der Waals surface area contributed by atoms with Gasteiger partial charge in [-0.3, -0.25) is 0 Å². The third-order valence-corrected chi connectivity index (χ3v) is 10.9. The fourth-order valence-electron chi connectivity index (χ4n) is 5.48. The molecule has 2 atom stereocenters. The Morgan fingerprint density at radius 3 is 1.80 bits per heavy atom. The number of benzene rings is 2. The fraction of sp³-hybridized carbons (Fsp3) is 0.333. The van der Waals surface area contributed by atoms with Crippen molar-refractivity contribution in [3.63, 3.8) is 0 Å². The van der Waals surface area contributed by atoms with Crippen LogP contribution in [-0.4, -0.2) is 13.2 Å². The number of rotatable bonds is 4. The number of aliphatic hydroxyl groups is 1. The highest BCUT2D eigenvalue weighted by Crippen LogP contribution is 2.39. The molecule has 40 heavy (non-hydrogen) atoms. The van der Waals surface area contributed by atoms with E-state index in [9.17, 15) is 5.11 Å². The summed E-state index contributed by atoms with van der Waals surface area (Å²) in [6, 6.07) is 22.7. The number of aryl methyl sites for hydroxylation is 4. The molecule has 0 amide bonds. The summed E-state index contributed by atoms with van der Waals surface area (Å²) in [4.78, 5) is 2.90. The van der Waals surface area contributed by atoms with E-state index >= 15 is 0 Å². The van der Waals surface area contributed by atoms with Crippen molar-refractivity contribution in [1.82, 2.24) is 0 Å². The number of hydrogen-bond acceptors (Lipinski definition) is 3. The van der Waals surface area contributed by atoms with Gasteiger partial charge in [0.15, 0.2) is 0 Å². The zero-order valence-corrected chi connectivity index (χ0v) is 26.3. The van der Waals surface area contributed by atoms with E-state index in [1.807, 2.05) is 47.8 Å². The van der Waals surface area contributed by atoms with Gasteiger partial charge in [-0.15, -0.1) is 35.8 Å². The Kier molecular flexibility index (Phi) is 12.0. The highest BCUT2D eigenvalue weighted by molar-refractivity contribution is 7.10. The molecule has 2 unspecified atom stereocenters. The lowest BCUT2D eigenvalue weighted by atomic mass is 9.88. The highest BCUT2D eigenvalue weighted by Gasteiger charge is 2.23. The zero-order valence-electron chi connectivity index (χ0n) is 23.7. The van der Waals surface area contributed by atoms with E-state index in [2.05, 4.69) is 80.0 Å². The van der Waals surface area contributed by atoms with Crippen molar-refractivity contribution in [2.24, 2.45) is 0 Å². The lowest BCUT2D eigenvalue weighted by Crippen LogP contribution is -2.16. The summed E-state index contributed by atoms with van der Waals surface area (Å²) in [7, 11) is -0.775. The average molecular weight is 587 g/mol. The van der Waals surface area contributed by atoms with E-state index < -0.39 is 14.2 Å². The van der Waals surface area contributed by atoms with Crippen LogP contribution in [0.2, 0.25) is 25.7 Å². The van der Waals surface area contributed by atoms with Crippen molar-refractivity contribution >= 4 is 30.7 Å². The normalized spacial score (nSPS) is 16.8. The third-order valence-electron chi connectivity index (χ3n) is 7.41. The molecule has 2 aliphatic carbocycles. The first kappa shape index (κ1) is 32.0. The summed E-state index contributed by atoms with van der Waals surface area (Å²) >= 11 is 3.66. The lowest BCUT2D eigenvalue weighted by Gasteiger charge is -2.16. The number of hydrogen-bond donors (Lipinski definition) is 1. The van der Waals surface area contributed by atoms with E-state index in [-0.39, 0.29) is 7.43 Å². The summed E-state index contributed by atoms with van der Waals surface area (Å²) in [6.45, 7) is 14.6. The Hall–Kier alpha value is -2.50. The van der Waals surface area contributed by atoms with Crippen LogP contribution in [0.15, 0.2) is 96.7 Å². The molecule has 2 aromatic heterocycles. The minimum atomic E-state index is -0.775. The van der Waals surface area contributed by atoms with Gasteiger partial charge in [-0.1, -0.05) is 87.8 Å². The quantitative estimate of drug-likeness (QED) is 0.186. The van der Waals surface area contributed by atoms with Gasteiger partial charge < -0.3 is 5.11 Å². The van der Waals surface area contributed by atoms with Crippen molar-refractivity contribution in [3.8, 4) is 0 Å². The Bertz CT molecular complexity index is 1370. The maximum atomic E-state index is 10.3. The summed E-state index contributed by atoms with van der Waals surface area (Å²) in [6.07, 6.45) is 9.16. The molecule has 6 rings (SSSR count). The molecule has 2 heterocycles. The molecule has 0 aliphatic heterocycles. The van der Waals surface area contributed by atoms with Gasteiger partial charge in [-0.05, 0) is 94.4 Å². The summed E-state index contributed by atoms with van der Waals surface area (Å²) < 4.78 is 0. The second-order valence-electron chi connectivity index (χ2n) is 11.5. The molecule has 4 heteroatoms. The smallest absolute Gasteiger partial charge is 0.105 e. The Labute approximate surface area is 252 Å². The molecule has 0 bridgehead atoms. The molecular weight excluding hydrogens is 541 g/mol. The number of allylic oxidation sites excluding steroid dienone is 2. The van der Waals surface area contributed by atoms with Crippen LogP contribution in [0, 0.1) is 0 Å². The molecule has 1 nitrogen and oxygen atoms in total. The van der Waals surface area contributed by atoms with Crippen LogP contribution in [-0.2, 0) is 25.7 Å². The Morgan fingerprint density at radius 2 is 1.25 bits per heavy atom. The standard InChI is InChI=1S/C16H16S.C13H12OS.C6H14Si.CH4/c1-2-5-14-13-7-4-3-6-12(13)8-9-16-15(14)10-11-17-16;14-13-10-4-2-1-3-9(10)5-6-12-11(13)7-8-15-12;1-5-6-7(2,3)4;/h2-4,6-7,10-11,14H,1,5,8-9H2;1-4,7-8,13-14H,5-6H2;5H,1,6H2,2-4H3;1H4. The number of fused-ring (bicyclic) bond motifs is 4. The van der Waals surface area contributed by atoms with Gasteiger partial charge >= 0.3 is 0 Å². The van der Waals surface area contributed by atoms with Crippen LogP contribution in [0.3, 0.4) is 0 Å². The van der Waals surface area contributed by atoms with E-state index in [0.717, 1.165) is 30.4 Å². The van der Waals surface area contributed by atoms with Crippen molar-refractivity contribution in [3.05, 3.63) is 140 Å². The molecule has 0 radical (unpaired) electrons. The Morgan fingerprint density at radius 1 is 0.725 bits per heavy atom. The largest absolute Gasteiger partial charge is 0.384 e. The van der Waals surface area contributed by atoms with Gasteiger partial charge in [0, 0.05) is 23.7 Å². The topological polar surface area (TPSA) is 20.2 Å². The first-order chi connectivity index (χ1) is 18.8. The van der Waals surface area contributed by atoms with E-state index in [1.54, 1.807) is 16.2 Å². The van der Waals surface area contributed by atoms with Crippen molar-refractivity contribution < 1.29 is 5.11 Å². The molecule has 2 aromatic carbocycles. The lowest BCUT2D eigenvalue weighted by molar-refractivity contribution is 0.220. The monoisotopic (exact) mass is 586 g/mol. The highest BCUT2D eigenvalue weighted by atomic mass is 32.1. The fourth-order valence-corrected chi connectivity index (χ4v) is 8.20. The summed E-state index contributed by atoms with van der Waals surface area (Å²) in [5, 5.41) is 14.6. The molecule has 212 valence electrons. The van der Waals surface area contributed by atoms with Crippen molar-refractivity contribution in [1.29, 1.82) is 0 Å². The van der Waals surface area contributed by atoms with E-state index in [1.165, 1.54) is 46.0 Å². The number of aliphatic hydroxyl groups excluding tert-OH is 1. The maximum Gasteiger partial charge on any atom is 0.105 e. The van der Waals surface area contributed by atoms with Crippen LogP contribution in [0.4, 0.5) is 0 Å². The van der Waals surface area contributed by atoms with E-state index in [4.69, 9.17) is 0 Å². The van der Waals surface area contributed by atoms with Gasteiger partial charge in [0.1, 0.15) is 6.10 Å². The molecule has 0 saturated heterocycles. The second kappa shape index (κ2) is 14.9. The van der Waals surface area contributed by atoms with Crippen LogP contribution in [0.25, 0.3) is 0 Å². The molecule has 0 spiro atoms. The van der Waals surface area contributed by atoms with E-state index in [0.29, 0.717) is 5.92 Å². The minimum absolute atomic E-state index is 0. The first-order valence-electron chi connectivity index (χ1n) is 14.0. The first-order valence-corrected chi connectivity index (χ1v) is 19.5. The third kappa shape index (κ3) is 8.04. The van der Waals surface area contributed by atoms with Gasteiger partial charge in [-0.2, -0.15) is 0 Å². The SMILES string of the molecule is C.C=CCC1c2ccccc2CCc2sccc21.C=CC[Si](C)(C)C.OC1c2ccccc2CCc2sccc21. The van der Waals surface area contributed by atoms with Gasteiger partial charge in [0.05, 0.1) is 0 Å². The van der Waals surface area contributed by atoms with Gasteiger partial charge in [0.2, 0.25) is 0 Å². The summed E-state index contributed by atoms with van der Waals surface area (Å²) in [5.41, 5.74) is 8.01. The van der Waals surface area contributed by atoms with Crippen LogP contribution < -0.4 is 0 Å². The van der Waals surface area contributed by atoms with Crippen molar-refractivity contribution in [2.75, 3.05) is 0 Å². The number of thiophene rings is 2. The molecule has 2 aliphatic rings. The molecule has 0 fully saturated rings. The Balaban J connectivity index is 0.000000177. The van der Waals surface area contributed by atoms with Gasteiger partial charge in [0.25, 0.3) is 0 Å². The van der Waals surface area contributed by atoms with Gasteiger partial charge in [-0.25, -0.2) is 0 Å². The predicted molar refractivity (Wildman–Crippen MR) is 182 cm³/mol. The maximum absolute atomic E-state index is 10.3. The van der Waals surface area contributed by atoms with Crippen LogP contribution in [0.5, 0.6) is 0 Å². The van der Waals surface area contributed by atoms with Crippen LogP contribution in [0.1, 0.15) is 69.0 Å². The zero-order chi connectivity index (χ0) is 27.8. The molecule has 1 N–H and O–H groups in total. The summed E-state index contributed by atoms with van der Waals surface area (Å²) in [5.74, 6) is 0.521. The van der Waals surface area contributed by atoms with Crippen LogP contribution >= 0.6 is 22.7 Å².